The quantitative estimate of drug-likeness (QED) is 0.462. The Bertz CT molecular complexity index is 1150. The highest BCUT2D eigenvalue weighted by Gasteiger charge is 2.28. The van der Waals surface area contributed by atoms with Crippen molar-refractivity contribution in [3.8, 4) is 5.75 Å². The molecule has 2 heterocycles. The minimum atomic E-state index is -0.130. The van der Waals surface area contributed by atoms with Crippen LogP contribution in [0.15, 0.2) is 40.9 Å². The van der Waals surface area contributed by atoms with E-state index in [4.69, 9.17) is 32.5 Å². The number of carbonyl (C=O) groups is 1. The minimum absolute atomic E-state index is 0.130. The van der Waals surface area contributed by atoms with E-state index in [1.54, 1.807) is 13.0 Å². The predicted octanol–water partition coefficient (Wildman–Crippen LogP) is 5.44. The van der Waals surface area contributed by atoms with Gasteiger partial charge in [0.2, 0.25) is 0 Å². The van der Waals surface area contributed by atoms with Crippen LogP contribution >= 0.6 is 23.2 Å². The van der Waals surface area contributed by atoms with Crippen LogP contribution in [0.5, 0.6) is 5.75 Å². The fraction of sp³-hybridized carbons (Fsp3) is 0.360. The molecule has 0 N–H and O–H groups in total. The molecular formula is C25H27Cl2N3O3. The monoisotopic (exact) mass is 487 g/mol. The highest BCUT2D eigenvalue weighted by atomic mass is 35.5. The third-order valence-corrected chi connectivity index (χ3v) is 6.70. The molecule has 1 aliphatic heterocycles. The molecule has 0 saturated carbocycles. The number of halogens is 2. The van der Waals surface area contributed by atoms with E-state index in [1.165, 1.54) is 5.56 Å². The van der Waals surface area contributed by atoms with Crippen molar-refractivity contribution in [3.63, 3.8) is 0 Å². The van der Waals surface area contributed by atoms with Crippen molar-refractivity contribution in [2.75, 3.05) is 26.2 Å². The van der Waals surface area contributed by atoms with Crippen molar-refractivity contribution in [3.05, 3.63) is 80.2 Å². The second kappa shape index (κ2) is 10.2. The van der Waals surface area contributed by atoms with Crippen LogP contribution in [0.1, 0.15) is 38.5 Å². The van der Waals surface area contributed by atoms with Crippen LogP contribution in [0.3, 0.4) is 0 Å². The Kier molecular flexibility index (Phi) is 7.27. The van der Waals surface area contributed by atoms with Gasteiger partial charge in [-0.15, -0.1) is 0 Å². The van der Waals surface area contributed by atoms with Crippen molar-refractivity contribution in [1.29, 1.82) is 0 Å². The van der Waals surface area contributed by atoms with Gasteiger partial charge in [-0.1, -0.05) is 40.5 Å². The summed E-state index contributed by atoms with van der Waals surface area (Å²) in [5, 5.41) is 5.34. The lowest BCUT2D eigenvalue weighted by atomic mass is 10.1. The third kappa shape index (κ3) is 5.52. The molecule has 1 amide bonds. The van der Waals surface area contributed by atoms with Gasteiger partial charge in [0.25, 0.3) is 5.91 Å². The van der Waals surface area contributed by atoms with Gasteiger partial charge in [0.05, 0.1) is 5.56 Å². The van der Waals surface area contributed by atoms with Crippen LogP contribution in [0, 0.1) is 20.8 Å². The largest absolute Gasteiger partial charge is 0.489 e. The van der Waals surface area contributed by atoms with E-state index >= 15 is 0 Å². The first-order valence-corrected chi connectivity index (χ1v) is 11.7. The molecule has 8 heteroatoms. The molecule has 6 nitrogen and oxygen atoms in total. The zero-order chi connectivity index (χ0) is 23.5. The lowest BCUT2D eigenvalue weighted by molar-refractivity contribution is 0.0616. The Balaban J connectivity index is 1.37. The first-order chi connectivity index (χ1) is 15.8. The summed E-state index contributed by atoms with van der Waals surface area (Å²) < 4.78 is 11.3. The molecule has 1 saturated heterocycles. The average molecular weight is 488 g/mol. The Morgan fingerprint density at radius 3 is 2.48 bits per heavy atom. The lowest BCUT2D eigenvalue weighted by Gasteiger charge is -2.34. The number of benzene rings is 2. The van der Waals surface area contributed by atoms with Crippen molar-refractivity contribution in [2.45, 2.75) is 33.9 Å². The summed E-state index contributed by atoms with van der Waals surface area (Å²) in [6.45, 7) is 9.56. The molecule has 0 unspecified atom stereocenters. The molecule has 33 heavy (non-hydrogen) atoms. The van der Waals surface area contributed by atoms with E-state index in [2.05, 4.69) is 17.0 Å². The number of aryl methyl sites for hydroxylation is 3. The summed E-state index contributed by atoms with van der Waals surface area (Å²) in [7, 11) is 0. The highest BCUT2D eigenvalue weighted by molar-refractivity contribution is 6.35. The normalized spacial score (nSPS) is 14.5. The molecule has 0 spiro atoms. The van der Waals surface area contributed by atoms with Gasteiger partial charge in [-0.3, -0.25) is 9.69 Å². The van der Waals surface area contributed by atoms with E-state index in [9.17, 15) is 4.79 Å². The van der Waals surface area contributed by atoms with Crippen molar-refractivity contribution in [1.82, 2.24) is 15.0 Å². The Hall–Kier alpha value is -2.54. The van der Waals surface area contributed by atoms with Crippen LogP contribution in [-0.4, -0.2) is 47.0 Å². The maximum Gasteiger partial charge on any atom is 0.276 e. The second-order valence-corrected chi connectivity index (χ2v) is 9.25. The summed E-state index contributed by atoms with van der Waals surface area (Å²) in [5.41, 5.74) is 4.40. The summed E-state index contributed by atoms with van der Waals surface area (Å²) in [4.78, 5) is 17.3. The molecule has 1 aliphatic rings. The number of hydrogen-bond donors (Lipinski definition) is 0. The highest BCUT2D eigenvalue weighted by Crippen LogP contribution is 2.24. The van der Waals surface area contributed by atoms with E-state index < -0.39 is 0 Å². The molecule has 0 aliphatic carbocycles. The average Bonchev–Trinajstić information content (AvgIpc) is 3.17. The Morgan fingerprint density at radius 1 is 1.03 bits per heavy atom. The summed E-state index contributed by atoms with van der Waals surface area (Å²) in [5.74, 6) is 1.22. The fourth-order valence-corrected chi connectivity index (χ4v) is 4.31. The van der Waals surface area contributed by atoms with Gasteiger partial charge < -0.3 is 14.2 Å². The van der Waals surface area contributed by atoms with Gasteiger partial charge in [-0.05, 0) is 61.7 Å². The van der Waals surface area contributed by atoms with Crippen LogP contribution in [0.2, 0.25) is 10.0 Å². The first kappa shape index (κ1) is 23.6. The zero-order valence-corrected chi connectivity index (χ0v) is 20.5. The summed E-state index contributed by atoms with van der Waals surface area (Å²) in [6.07, 6.45) is 0. The second-order valence-electron chi connectivity index (χ2n) is 8.40. The van der Waals surface area contributed by atoms with Gasteiger partial charge >= 0.3 is 0 Å². The maximum absolute atomic E-state index is 13.2. The number of piperazine rings is 1. The van der Waals surface area contributed by atoms with E-state index in [1.807, 2.05) is 42.2 Å². The van der Waals surface area contributed by atoms with E-state index in [0.29, 0.717) is 40.2 Å². The van der Waals surface area contributed by atoms with Crippen LogP contribution in [0.25, 0.3) is 0 Å². The number of hydrogen-bond acceptors (Lipinski definition) is 5. The molecule has 1 fully saturated rings. The minimum Gasteiger partial charge on any atom is -0.489 e. The number of amides is 1. The Morgan fingerprint density at radius 2 is 1.79 bits per heavy atom. The van der Waals surface area contributed by atoms with Crippen molar-refractivity contribution < 1.29 is 14.1 Å². The van der Waals surface area contributed by atoms with Crippen molar-refractivity contribution >= 4 is 29.1 Å². The van der Waals surface area contributed by atoms with Crippen LogP contribution < -0.4 is 4.74 Å². The van der Waals surface area contributed by atoms with Crippen molar-refractivity contribution in [2.24, 2.45) is 0 Å². The third-order valence-electron chi connectivity index (χ3n) is 6.12. The molecule has 0 bridgehead atoms. The SMILES string of the molecule is Cc1ccc(OCc2c(C(=O)N3CCN(Cc4ccc(Cl)cc4Cl)CC3)noc2C)cc1C. The van der Waals surface area contributed by atoms with Crippen LogP contribution in [-0.2, 0) is 13.2 Å². The van der Waals surface area contributed by atoms with Gasteiger partial charge in [-0.2, -0.15) is 0 Å². The first-order valence-electron chi connectivity index (χ1n) is 10.9. The van der Waals surface area contributed by atoms with Gasteiger partial charge in [0.15, 0.2) is 5.69 Å². The van der Waals surface area contributed by atoms with Gasteiger partial charge in [0, 0.05) is 42.8 Å². The number of ether oxygens (including phenoxy) is 1. The van der Waals surface area contributed by atoms with Crippen LogP contribution in [0.4, 0.5) is 0 Å². The number of nitrogens with zero attached hydrogens (tertiary/aromatic N) is 3. The molecule has 1 aromatic heterocycles. The zero-order valence-electron chi connectivity index (χ0n) is 19.0. The standard InChI is InChI=1S/C25H27Cl2N3O3/c1-16-4-7-21(12-17(16)2)32-15-22-18(3)33-28-24(22)25(31)30-10-8-29(9-11-30)14-19-5-6-20(26)13-23(19)27/h4-7,12-13H,8-11,14-15H2,1-3H3. The summed E-state index contributed by atoms with van der Waals surface area (Å²) in [6, 6.07) is 11.5. The topological polar surface area (TPSA) is 58.8 Å². The number of carbonyl (C=O) groups excluding carboxylic acids is 1. The molecule has 0 radical (unpaired) electrons. The number of rotatable bonds is 6. The van der Waals surface area contributed by atoms with E-state index in [-0.39, 0.29) is 12.5 Å². The molecule has 3 aromatic rings. The summed E-state index contributed by atoms with van der Waals surface area (Å²) >= 11 is 12.3. The molecule has 174 valence electrons. The maximum atomic E-state index is 13.2. The molecule has 0 atom stereocenters. The van der Waals surface area contributed by atoms with E-state index in [0.717, 1.165) is 36.5 Å². The Labute approximate surface area is 204 Å². The van der Waals surface area contributed by atoms with Gasteiger partial charge in [-0.25, -0.2) is 0 Å². The fourth-order valence-electron chi connectivity index (χ4n) is 3.84. The van der Waals surface area contributed by atoms with Gasteiger partial charge in [0.1, 0.15) is 18.1 Å². The molecule has 2 aromatic carbocycles. The molecule has 4 rings (SSSR count). The number of aromatic nitrogens is 1. The predicted molar refractivity (Wildman–Crippen MR) is 129 cm³/mol. The smallest absolute Gasteiger partial charge is 0.276 e. The lowest BCUT2D eigenvalue weighted by Crippen LogP contribution is -2.48. The molecular weight excluding hydrogens is 461 g/mol.